The van der Waals surface area contributed by atoms with E-state index in [0.29, 0.717) is 24.2 Å². The molecule has 0 radical (unpaired) electrons. The first-order chi connectivity index (χ1) is 8.20. The standard InChI is InChI=1S/C10H16N4O2S/c1-3-11-8-5-16-4-7(8)9(15)13-10-12-6(2)14-17-10/h7-8,11H,3-5H2,1-2H3,(H,12,13,14,15). The first-order valence-electron chi connectivity index (χ1n) is 5.63. The lowest BCUT2D eigenvalue weighted by Crippen LogP contribution is -2.41. The van der Waals surface area contributed by atoms with Gasteiger partial charge in [-0.3, -0.25) is 4.79 Å². The van der Waals surface area contributed by atoms with Gasteiger partial charge in [0.25, 0.3) is 0 Å². The lowest BCUT2D eigenvalue weighted by molar-refractivity contribution is -0.120. The number of hydrogen-bond acceptors (Lipinski definition) is 6. The van der Waals surface area contributed by atoms with Crippen LogP contribution in [0.15, 0.2) is 0 Å². The number of carbonyl (C=O) groups is 1. The monoisotopic (exact) mass is 256 g/mol. The Morgan fingerprint density at radius 3 is 3.06 bits per heavy atom. The molecule has 0 spiro atoms. The molecule has 0 saturated carbocycles. The topological polar surface area (TPSA) is 76.1 Å². The fourth-order valence-corrected chi connectivity index (χ4v) is 2.40. The molecule has 1 saturated heterocycles. The summed E-state index contributed by atoms with van der Waals surface area (Å²) < 4.78 is 9.35. The molecular weight excluding hydrogens is 240 g/mol. The van der Waals surface area contributed by atoms with Crippen molar-refractivity contribution < 1.29 is 9.53 Å². The van der Waals surface area contributed by atoms with E-state index in [1.165, 1.54) is 11.5 Å². The Morgan fingerprint density at radius 1 is 1.59 bits per heavy atom. The van der Waals surface area contributed by atoms with Gasteiger partial charge >= 0.3 is 0 Å². The SMILES string of the molecule is CCNC1COCC1C(=O)Nc1nc(C)ns1. The van der Waals surface area contributed by atoms with Crippen molar-refractivity contribution >= 4 is 22.6 Å². The summed E-state index contributed by atoms with van der Waals surface area (Å²) in [5.74, 6) is 0.472. The van der Waals surface area contributed by atoms with E-state index in [2.05, 4.69) is 20.0 Å². The van der Waals surface area contributed by atoms with Gasteiger partial charge in [-0.1, -0.05) is 6.92 Å². The zero-order valence-electron chi connectivity index (χ0n) is 9.90. The second kappa shape index (κ2) is 5.52. The van der Waals surface area contributed by atoms with E-state index in [1.807, 2.05) is 6.92 Å². The molecule has 0 bridgehead atoms. The summed E-state index contributed by atoms with van der Waals surface area (Å²) in [5, 5.41) is 6.58. The highest BCUT2D eigenvalue weighted by Gasteiger charge is 2.33. The van der Waals surface area contributed by atoms with Crippen molar-refractivity contribution in [3.8, 4) is 0 Å². The van der Waals surface area contributed by atoms with E-state index in [-0.39, 0.29) is 17.9 Å². The number of rotatable bonds is 4. The molecule has 1 aromatic rings. The molecule has 0 aliphatic carbocycles. The highest BCUT2D eigenvalue weighted by atomic mass is 32.1. The molecule has 1 aliphatic heterocycles. The number of anilines is 1. The largest absolute Gasteiger partial charge is 0.379 e. The van der Waals surface area contributed by atoms with Crippen molar-refractivity contribution in [2.45, 2.75) is 19.9 Å². The number of nitrogens with zero attached hydrogens (tertiary/aromatic N) is 2. The third kappa shape index (κ3) is 2.99. The summed E-state index contributed by atoms with van der Waals surface area (Å²) >= 11 is 1.20. The lowest BCUT2D eigenvalue weighted by atomic mass is 10.0. The average molecular weight is 256 g/mol. The summed E-state index contributed by atoms with van der Waals surface area (Å²) in [4.78, 5) is 16.1. The Kier molecular flexibility index (Phi) is 4.03. The maximum absolute atomic E-state index is 12.0. The zero-order valence-corrected chi connectivity index (χ0v) is 10.7. The first-order valence-corrected chi connectivity index (χ1v) is 6.40. The van der Waals surface area contributed by atoms with Gasteiger partial charge in [0.2, 0.25) is 11.0 Å². The Bertz CT molecular complexity index is 395. The van der Waals surface area contributed by atoms with Crippen LogP contribution < -0.4 is 10.6 Å². The van der Waals surface area contributed by atoms with Crippen LogP contribution in [0.25, 0.3) is 0 Å². The smallest absolute Gasteiger partial charge is 0.233 e. The molecule has 17 heavy (non-hydrogen) atoms. The molecule has 7 heteroatoms. The third-order valence-electron chi connectivity index (χ3n) is 2.64. The van der Waals surface area contributed by atoms with Crippen LogP contribution in [0.1, 0.15) is 12.7 Å². The van der Waals surface area contributed by atoms with Crippen LogP contribution in [0.2, 0.25) is 0 Å². The van der Waals surface area contributed by atoms with Gasteiger partial charge in [0.15, 0.2) is 0 Å². The molecule has 2 heterocycles. The molecule has 1 fully saturated rings. The summed E-state index contributed by atoms with van der Waals surface area (Å²) in [6.45, 7) is 5.69. The Balaban J connectivity index is 1.95. The second-order valence-electron chi connectivity index (χ2n) is 3.94. The second-order valence-corrected chi connectivity index (χ2v) is 4.70. The Hall–Kier alpha value is -1.05. The van der Waals surface area contributed by atoms with Gasteiger partial charge in [-0.05, 0) is 13.5 Å². The van der Waals surface area contributed by atoms with Gasteiger partial charge in [-0.15, -0.1) is 0 Å². The molecular formula is C10H16N4O2S. The van der Waals surface area contributed by atoms with Crippen LogP contribution in [0.5, 0.6) is 0 Å². The van der Waals surface area contributed by atoms with E-state index in [0.717, 1.165) is 6.54 Å². The zero-order chi connectivity index (χ0) is 12.3. The van der Waals surface area contributed by atoms with Gasteiger partial charge in [0, 0.05) is 17.6 Å². The normalized spacial score (nSPS) is 23.9. The van der Waals surface area contributed by atoms with Crippen LogP contribution in [-0.4, -0.2) is 41.1 Å². The van der Waals surface area contributed by atoms with Gasteiger partial charge in [0.1, 0.15) is 5.82 Å². The number of nitrogens with one attached hydrogen (secondary N) is 2. The van der Waals surface area contributed by atoms with E-state index in [1.54, 1.807) is 6.92 Å². The van der Waals surface area contributed by atoms with Gasteiger partial charge in [-0.2, -0.15) is 4.37 Å². The minimum atomic E-state index is -0.154. The molecule has 94 valence electrons. The Labute approximate surface area is 104 Å². The van der Waals surface area contributed by atoms with Gasteiger partial charge < -0.3 is 15.4 Å². The number of hydrogen-bond donors (Lipinski definition) is 2. The lowest BCUT2D eigenvalue weighted by Gasteiger charge is -2.16. The number of carbonyl (C=O) groups excluding carboxylic acids is 1. The van der Waals surface area contributed by atoms with E-state index in [9.17, 15) is 4.79 Å². The van der Waals surface area contributed by atoms with Crippen molar-refractivity contribution in [3.05, 3.63) is 5.82 Å². The van der Waals surface area contributed by atoms with E-state index >= 15 is 0 Å². The maximum atomic E-state index is 12.0. The first kappa shape index (κ1) is 12.4. The quantitative estimate of drug-likeness (QED) is 0.816. The van der Waals surface area contributed by atoms with E-state index in [4.69, 9.17) is 4.74 Å². The molecule has 1 amide bonds. The van der Waals surface area contributed by atoms with Crippen LogP contribution >= 0.6 is 11.5 Å². The van der Waals surface area contributed by atoms with Gasteiger partial charge in [0.05, 0.1) is 19.1 Å². The number of amides is 1. The van der Waals surface area contributed by atoms with E-state index < -0.39 is 0 Å². The summed E-state index contributed by atoms with van der Waals surface area (Å²) in [6, 6.07) is 0.0917. The average Bonchev–Trinajstić information content (AvgIpc) is 2.88. The minimum Gasteiger partial charge on any atom is -0.379 e. The highest BCUT2D eigenvalue weighted by molar-refractivity contribution is 7.09. The molecule has 2 N–H and O–H groups in total. The van der Waals surface area contributed by atoms with Crippen molar-refractivity contribution in [2.24, 2.45) is 5.92 Å². The highest BCUT2D eigenvalue weighted by Crippen LogP contribution is 2.17. The molecule has 1 aromatic heterocycles. The molecule has 2 rings (SSSR count). The van der Waals surface area contributed by atoms with Gasteiger partial charge in [-0.25, -0.2) is 4.98 Å². The van der Waals surface area contributed by atoms with Crippen LogP contribution in [0.4, 0.5) is 5.13 Å². The molecule has 1 aliphatic rings. The van der Waals surface area contributed by atoms with Crippen molar-refractivity contribution in [1.29, 1.82) is 0 Å². The van der Waals surface area contributed by atoms with Crippen LogP contribution in [0.3, 0.4) is 0 Å². The third-order valence-corrected chi connectivity index (χ3v) is 3.36. The van der Waals surface area contributed by atoms with Crippen molar-refractivity contribution in [2.75, 3.05) is 25.1 Å². The number of likely N-dealkylation sites (N-methyl/N-ethyl adjacent to an activating group) is 1. The Morgan fingerprint density at radius 2 is 2.41 bits per heavy atom. The molecule has 6 nitrogen and oxygen atoms in total. The predicted octanol–water partition coefficient (Wildman–Crippen LogP) is 0.410. The molecule has 2 atom stereocenters. The molecule has 0 aromatic carbocycles. The summed E-state index contributed by atoms with van der Waals surface area (Å²) in [7, 11) is 0. The van der Waals surface area contributed by atoms with Crippen LogP contribution in [-0.2, 0) is 9.53 Å². The summed E-state index contributed by atoms with van der Waals surface area (Å²) in [5.41, 5.74) is 0. The fraction of sp³-hybridized carbons (Fsp3) is 0.700. The van der Waals surface area contributed by atoms with Crippen molar-refractivity contribution in [3.63, 3.8) is 0 Å². The molecule has 2 unspecified atom stereocenters. The predicted molar refractivity (Wildman–Crippen MR) is 65.0 cm³/mol. The summed E-state index contributed by atoms with van der Waals surface area (Å²) in [6.07, 6.45) is 0. The minimum absolute atomic E-state index is 0.0513. The number of ether oxygens (including phenoxy) is 1. The maximum Gasteiger partial charge on any atom is 0.233 e. The number of aryl methyl sites for hydroxylation is 1. The van der Waals surface area contributed by atoms with Crippen molar-refractivity contribution in [1.82, 2.24) is 14.7 Å². The van der Waals surface area contributed by atoms with Crippen LogP contribution in [0, 0.1) is 12.8 Å². The number of aromatic nitrogens is 2. The fourth-order valence-electron chi connectivity index (χ4n) is 1.82.